The van der Waals surface area contributed by atoms with E-state index in [2.05, 4.69) is 10.4 Å². The zero-order valence-electron chi connectivity index (χ0n) is 11.7. The Morgan fingerprint density at radius 3 is 2.84 bits per heavy atom. The Morgan fingerprint density at radius 1 is 1.47 bits per heavy atom. The van der Waals surface area contributed by atoms with E-state index in [9.17, 15) is 9.90 Å². The van der Waals surface area contributed by atoms with Crippen molar-refractivity contribution in [3.63, 3.8) is 0 Å². The van der Waals surface area contributed by atoms with Gasteiger partial charge in [-0.05, 0) is 19.8 Å². The highest BCUT2D eigenvalue weighted by Crippen LogP contribution is 2.23. The Morgan fingerprint density at radius 2 is 2.21 bits per heavy atom. The first-order valence-corrected chi connectivity index (χ1v) is 7.03. The largest absolute Gasteiger partial charge is 0.396 e. The monoisotopic (exact) mass is 265 g/mol. The first-order chi connectivity index (χ1) is 9.13. The second-order valence-corrected chi connectivity index (χ2v) is 5.43. The molecule has 106 valence electrons. The number of hydrogen-bond acceptors (Lipinski definition) is 3. The predicted octanol–water partition coefficient (Wildman–Crippen LogP) is 1.40. The van der Waals surface area contributed by atoms with Crippen LogP contribution in [0.25, 0.3) is 0 Å². The third kappa shape index (κ3) is 3.15. The Bertz CT molecular complexity index is 442. The van der Waals surface area contributed by atoms with Crippen LogP contribution in [0.5, 0.6) is 0 Å². The van der Waals surface area contributed by atoms with Crippen molar-refractivity contribution in [1.29, 1.82) is 0 Å². The van der Waals surface area contributed by atoms with Crippen LogP contribution in [0.1, 0.15) is 48.2 Å². The molecule has 1 aliphatic carbocycles. The molecule has 2 atom stereocenters. The first kappa shape index (κ1) is 14.1. The normalized spacial score (nSPS) is 23.9. The highest BCUT2D eigenvalue weighted by molar-refractivity contribution is 5.95. The SMILES string of the molecule is Cc1c(C(=O)NC2CCCCCC2CO)cnn1C. The molecule has 19 heavy (non-hydrogen) atoms. The Kier molecular flexibility index (Phi) is 4.58. The molecular formula is C14H23N3O2. The van der Waals surface area contributed by atoms with E-state index in [0.717, 1.165) is 31.4 Å². The first-order valence-electron chi connectivity index (χ1n) is 7.03. The van der Waals surface area contributed by atoms with Crippen LogP contribution >= 0.6 is 0 Å². The van der Waals surface area contributed by atoms with Crippen molar-refractivity contribution in [3.05, 3.63) is 17.5 Å². The molecule has 1 aromatic rings. The molecule has 5 nitrogen and oxygen atoms in total. The van der Waals surface area contributed by atoms with Gasteiger partial charge in [0.05, 0.1) is 11.8 Å². The van der Waals surface area contributed by atoms with Gasteiger partial charge in [-0.15, -0.1) is 0 Å². The Labute approximate surface area is 114 Å². The predicted molar refractivity (Wildman–Crippen MR) is 72.9 cm³/mol. The number of carbonyl (C=O) groups excluding carboxylic acids is 1. The third-order valence-corrected chi connectivity index (χ3v) is 4.19. The lowest BCUT2D eigenvalue weighted by Crippen LogP contribution is -2.41. The molecule has 0 radical (unpaired) electrons. The lowest BCUT2D eigenvalue weighted by atomic mass is 9.95. The number of nitrogens with one attached hydrogen (secondary N) is 1. The van der Waals surface area contributed by atoms with Crippen molar-refractivity contribution < 1.29 is 9.90 Å². The summed E-state index contributed by atoms with van der Waals surface area (Å²) < 4.78 is 1.70. The molecule has 1 heterocycles. The van der Waals surface area contributed by atoms with Crippen molar-refractivity contribution in [2.24, 2.45) is 13.0 Å². The molecule has 0 aliphatic heterocycles. The number of aryl methyl sites for hydroxylation is 1. The zero-order chi connectivity index (χ0) is 13.8. The molecule has 5 heteroatoms. The number of aliphatic hydroxyl groups excluding tert-OH is 1. The Balaban J connectivity index is 2.06. The molecule has 1 amide bonds. The summed E-state index contributed by atoms with van der Waals surface area (Å²) in [5.41, 5.74) is 1.50. The summed E-state index contributed by atoms with van der Waals surface area (Å²) in [7, 11) is 1.83. The van der Waals surface area contributed by atoms with E-state index in [0.29, 0.717) is 5.56 Å². The maximum Gasteiger partial charge on any atom is 0.254 e. The van der Waals surface area contributed by atoms with Gasteiger partial charge in [-0.2, -0.15) is 5.10 Å². The summed E-state index contributed by atoms with van der Waals surface area (Å²) in [4.78, 5) is 12.3. The summed E-state index contributed by atoms with van der Waals surface area (Å²) in [6, 6.07) is 0.0830. The third-order valence-electron chi connectivity index (χ3n) is 4.19. The minimum absolute atomic E-state index is 0.0732. The number of aliphatic hydroxyl groups is 1. The fourth-order valence-electron chi connectivity index (χ4n) is 2.76. The van der Waals surface area contributed by atoms with Gasteiger partial charge in [-0.1, -0.05) is 19.3 Å². The standard InChI is InChI=1S/C14H23N3O2/c1-10-12(8-15-17(10)2)14(19)16-13-7-5-3-4-6-11(13)9-18/h8,11,13,18H,3-7,9H2,1-2H3,(H,16,19). The fourth-order valence-corrected chi connectivity index (χ4v) is 2.76. The fraction of sp³-hybridized carbons (Fsp3) is 0.714. The average Bonchev–Trinajstić information content (AvgIpc) is 2.62. The van der Waals surface area contributed by atoms with Gasteiger partial charge in [0.15, 0.2) is 0 Å². The van der Waals surface area contributed by atoms with Crippen LogP contribution in [-0.2, 0) is 7.05 Å². The van der Waals surface area contributed by atoms with Crippen LogP contribution in [-0.4, -0.2) is 33.4 Å². The number of aromatic nitrogens is 2. The van der Waals surface area contributed by atoms with Gasteiger partial charge in [-0.25, -0.2) is 0 Å². The minimum Gasteiger partial charge on any atom is -0.396 e. The molecule has 2 rings (SSSR count). The summed E-state index contributed by atoms with van der Waals surface area (Å²) in [6.45, 7) is 2.04. The number of amides is 1. The lowest BCUT2D eigenvalue weighted by Gasteiger charge is -2.24. The zero-order valence-corrected chi connectivity index (χ0v) is 11.7. The average molecular weight is 265 g/mol. The molecular weight excluding hydrogens is 242 g/mol. The van der Waals surface area contributed by atoms with Crippen molar-refractivity contribution in [2.75, 3.05) is 6.61 Å². The van der Waals surface area contributed by atoms with E-state index in [1.54, 1.807) is 10.9 Å². The summed E-state index contributed by atoms with van der Waals surface area (Å²) in [5.74, 6) is 0.111. The molecule has 1 fully saturated rings. The molecule has 0 bridgehead atoms. The van der Waals surface area contributed by atoms with Gasteiger partial charge in [0.2, 0.25) is 0 Å². The molecule has 0 aromatic carbocycles. The topological polar surface area (TPSA) is 67.2 Å². The summed E-state index contributed by atoms with van der Waals surface area (Å²) in [5, 5.41) is 16.6. The van der Waals surface area contributed by atoms with E-state index in [1.807, 2.05) is 14.0 Å². The smallest absolute Gasteiger partial charge is 0.254 e. The van der Waals surface area contributed by atoms with Crippen molar-refractivity contribution in [1.82, 2.24) is 15.1 Å². The number of carbonyl (C=O) groups is 1. The highest BCUT2D eigenvalue weighted by Gasteiger charge is 2.25. The van der Waals surface area contributed by atoms with Crippen LogP contribution in [0.3, 0.4) is 0 Å². The van der Waals surface area contributed by atoms with Gasteiger partial charge in [0.1, 0.15) is 0 Å². The van der Waals surface area contributed by atoms with E-state index in [1.165, 1.54) is 6.42 Å². The van der Waals surface area contributed by atoms with Crippen molar-refractivity contribution in [3.8, 4) is 0 Å². The molecule has 0 spiro atoms. The highest BCUT2D eigenvalue weighted by atomic mass is 16.3. The summed E-state index contributed by atoms with van der Waals surface area (Å²) >= 11 is 0. The van der Waals surface area contributed by atoms with Gasteiger partial charge >= 0.3 is 0 Å². The number of hydrogen-bond donors (Lipinski definition) is 2. The Hall–Kier alpha value is -1.36. The molecule has 1 saturated carbocycles. The van der Waals surface area contributed by atoms with Gasteiger partial charge < -0.3 is 10.4 Å². The number of nitrogens with zero attached hydrogens (tertiary/aromatic N) is 2. The van der Waals surface area contributed by atoms with Crippen LogP contribution in [0.4, 0.5) is 0 Å². The van der Waals surface area contributed by atoms with Gasteiger partial charge in [-0.3, -0.25) is 9.48 Å². The van der Waals surface area contributed by atoms with Crippen LogP contribution in [0, 0.1) is 12.8 Å². The van der Waals surface area contributed by atoms with Gasteiger partial charge in [0, 0.05) is 31.3 Å². The van der Waals surface area contributed by atoms with E-state index in [4.69, 9.17) is 0 Å². The lowest BCUT2D eigenvalue weighted by molar-refractivity contribution is 0.0899. The van der Waals surface area contributed by atoms with Crippen molar-refractivity contribution in [2.45, 2.75) is 45.1 Å². The quantitative estimate of drug-likeness (QED) is 0.812. The van der Waals surface area contributed by atoms with E-state index in [-0.39, 0.29) is 24.5 Å². The molecule has 0 saturated heterocycles. The van der Waals surface area contributed by atoms with Crippen molar-refractivity contribution >= 4 is 5.91 Å². The molecule has 1 aromatic heterocycles. The second kappa shape index (κ2) is 6.19. The second-order valence-electron chi connectivity index (χ2n) is 5.43. The maximum absolute atomic E-state index is 12.3. The van der Waals surface area contributed by atoms with Crippen LogP contribution in [0.15, 0.2) is 6.20 Å². The summed E-state index contributed by atoms with van der Waals surface area (Å²) in [6.07, 6.45) is 7.00. The van der Waals surface area contributed by atoms with Crippen LogP contribution in [0.2, 0.25) is 0 Å². The molecule has 1 aliphatic rings. The molecule has 2 unspecified atom stereocenters. The maximum atomic E-state index is 12.3. The molecule has 2 N–H and O–H groups in total. The van der Waals surface area contributed by atoms with Gasteiger partial charge in [0.25, 0.3) is 5.91 Å². The van der Waals surface area contributed by atoms with E-state index < -0.39 is 0 Å². The van der Waals surface area contributed by atoms with E-state index >= 15 is 0 Å². The van der Waals surface area contributed by atoms with Crippen LogP contribution < -0.4 is 5.32 Å². The minimum atomic E-state index is -0.0732. The number of rotatable bonds is 3.